The number of imidazole rings is 1. The van der Waals surface area contributed by atoms with Crippen molar-refractivity contribution in [1.29, 1.82) is 0 Å². The summed E-state index contributed by atoms with van der Waals surface area (Å²) < 4.78 is 29.3. The highest BCUT2D eigenvalue weighted by Gasteiger charge is 2.41. The number of aryl methyl sites for hydroxylation is 1. The van der Waals surface area contributed by atoms with E-state index in [0.717, 1.165) is 16.9 Å². The van der Waals surface area contributed by atoms with Crippen LogP contribution in [-0.2, 0) is 12.5 Å². The molecular weight excluding hydrogens is 412 g/mol. The van der Waals surface area contributed by atoms with E-state index in [9.17, 15) is 13.6 Å². The molecule has 1 aromatic carbocycles. The first-order chi connectivity index (χ1) is 15.5. The lowest BCUT2D eigenvalue weighted by Gasteiger charge is -2.41. The van der Waals surface area contributed by atoms with Crippen molar-refractivity contribution >= 4 is 11.6 Å². The van der Waals surface area contributed by atoms with Crippen LogP contribution < -0.4 is 0 Å². The minimum atomic E-state index is -2.70. The van der Waals surface area contributed by atoms with E-state index in [-0.39, 0.29) is 22.7 Å². The number of fused-ring (bicyclic) bond motifs is 1. The molecule has 0 N–H and O–H groups in total. The fraction of sp³-hybridized carbons (Fsp3) is 0.292. The molecule has 0 aliphatic carbocycles. The van der Waals surface area contributed by atoms with Crippen molar-refractivity contribution in [2.24, 2.45) is 7.05 Å². The van der Waals surface area contributed by atoms with E-state index in [4.69, 9.17) is 4.98 Å². The molecule has 3 aromatic heterocycles. The lowest BCUT2D eigenvalue weighted by molar-refractivity contribution is 0.0673. The Bertz CT molecular complexity index is 1220. The van der Waals surface area contributed by atoms with Crippen LogP contribution in [0.1, 0.15) is 46.7 Å². The Labute approximate surface area is 184 Å². The lowest BCUT2D eigenvalue weighted by atomic mass is 9.70. The van der Waals surface area contributed by atoms with Gasteiger partial charge in [0.15, 0.2) is 0 Å². The van der Waals surface area contributed by atoms with Gasteiger partial charge in [-0.2, -0.15) is 5.10 Å². The van der Waals surface area contributed by atoms with Crippen LogP contribution in [-0.4, -0.2) is 43.1 Å². The minimum absolute atomic E-state index is 0.181. The third kappa shape index (κ3) is 3.36. The predicted molar refractivity (Wildman–Crippen MR) is 116 cm³/mol. The number of alkyl halides is 2. The van der Waals surface area contributed by atoms with Crippen LogP contribution in [0.4, 0.5) is 8.78 Å². The molecule has 0 spiro atoms. The van der Waals surface area contributed by atoms with Gasteiger partial charge in [0.1, 0.15) is 17.0 Å². The Morgan fingerprint density at radius 2 is 1.78 bits per heavy atom. The third-order valence-electron chi connectivity index (χ3n) is 6.43. The lowest BCUT2D eigenvalue weighted by Crippen LogP contribution is -2.46. The molecule has 164 valence electrons. The van der Waals surface area contributed by atoms with Crippen LogP contribution in [0.5, 0.6) is 0 Å². The van der Waals surface area contributed by atoms with Gasteiger partial charge >= 0.3 is 0 Å². The maximum Gasteiger partial charge on any atom is 0.282 e. The predicted octanol–water partition coefficient (Wildman–Crippen LogP) is 4.23. The number of halogens is 2. The Morgan fingerprint density at radius 1 is 1.06 bits per heavy atom. The van der Waals surface area contributed by atoms with Gasteiger partial charge in [0.2, 0.25) is 0 Å². The minimum Gasteiger partial charge on any atom is -0.337 e. The number of hydrogen-bond donors (Lipinski definition) is 0. The number of amides is 1. The van der Waals surface area contributed by atoms with E-state index in [1.165, 1.54) is 17.8 Å². The molecule has 5 rings (SSSR count). The highest BCUT2D eigenvalue weighted by Crippen LogP contribution is 2.41. The topological polar surface area (TPSA) is 55.4 Å². The molecule has 1 aliphatic rings. The molecule has 0 saturated carbocycles. The Balaban J connectivity index is 1.46. The summed E-state index contributed by atoms with van der Waals surface area (Å²) in [5.41, 5.74) is 2.49. The highest BCUT2D eigenvalue weighted by molar-refractivity contribution is 5.92. The molecule has 1 amide bonds. The molecule has 4 aromatic rings. The zero-order chi connectivity index (χ0) is 22.3. The second-order valence-electron chi connectivity index (χ2n) is 8.21. The van der Waals surface area contributed by atoms with Crippen LogP contribution in [0.2, 0.25) is 0 Å². The van der Waals surface area contributed by atoms with E-state index in [0.29, 0.717) is 25.9 Å². The summed E-state index contributed by atoms with van der Waals surface area (Å²) in [6, 6.07) is 17.3. The number of carbonyl (C=O) groups is 1. The van der Waals surface area contributed by atoms with Gasteiger partial charge in [-0.15, -0.1) is 0 Å². The normalized spacial score (nSPS) is 16.1. The van der Waals surface area contributed by atoms with Crippen LogP contribution >= 0.6 is 0 Å². The smallest absolute Gasteiger partial charge is 0.282 e. The van der Waals surface area contributed by atoms with Crippen molar-refractivity contribution in [3.05, 3.63) is 89.6 Å². The second-order valence-corrected chi connectivity index (χ2v) is 8.21. The summed E-state index contributed by atoms with van der Waals surface area (Å²) in [5, 5.41) is 3.78. The number of likely N-dealkylation sites (tertiary alicyclic amines) is 1. The molecular formula is C24H23F2N5O. The molecule has 0 atom stereocenters. The van der Waals surface area contributed by atoms with Crippen molar-refractivity contribution < 1.29 is 13.6 Å². The first-order valence-electron chi connectivity index (χ1n) is 10.6. The number of rotatable bonds is 4. The van der Waals surface area contributed by atoms with Crippen molar-refractivity contribution in [3.8, 4) is 0 Å². The molecule has 8 heteroatoms. The van der Waals surface area contributed by atoms with Gasteiger partial charge in [0.25, 0.3) is 12.3 Å². The van der Waals surface area contributed by atoms with Crippen molar-refractivity contribution in [2.75, 3.05) is 13.1 Å². The molecule has 0 unspecified atom stereocenters. The summed E-state index contributed by atoms with van der Waals surface area (Å²) >= 11 is 0. The van der Waals surface area contributed by atoms with Crippen LogP contribution in [0.15, 0.2) is 67.0 Å². The zero-order valence-electron chi connectivity index (χ0n) is 17.7. The van der Waals surface area contributed by atoms with E-state index in [2.05, 4.69) is 23.4 Å². The van der Waals surface area contributed by atoms with E-state index in [1.54, 1.807) is 4.90 Å². The molecule has 1 saturated heterocycles. The molecule has 1 aliphatic heterocycles. The first-order valence-corrected chi connectivity index (χ1v) is 10.6. The summed E-state index contributed by atoms with van der Waals surface area (Å²) in [5.74, 6) is -0.274. The van der Waals surface area contributed by atoms with Gasteiger partial charge < -0.3 is 9.30 Å². The third-order valence-corrected chi connectivity index (χ3v) is 6.43. The maximum atomic E-state index is 13.1. The number of carbonyl (C=O) groups excluding carboxylic acids is 1. The number of nitrogens with zero attached hydrogens (tertiary/aromatic N) is 5. The number of aromatic nitrogens is 4. The van der Waals surface area contributed by atoms with Gasteiger partial charge in [-0.05, 0) is 36.6 Å². The van der Waals surface area contributed by atoms with Gasteiger partial charge in [-0.3, -0.25) is 9.48 Å². The van der Waals surface area contributed by atoms with E-state index < -0.39 is 6.43 Å². The number of pyridine rings is 1. The maximum absolute atomic E-state index is 13.1. The first kappa shape index (κ1) is 20.4. The fourth-order valence-corrected chi connectivity index (χ4v) is 4.66. The molecule has 6 nitrogen and oxygen atoms in total. The van der Waals surface area contributed by atoms with Crippen LogP contribution in [0, 0.1) is 0 Å². The molecule has 0 radical (unpaired) electrons. The van der Waals surface area contributed by atoms with Crippen molar-refractivity contribution in [1.82, 2.24) is 24.1 Å². The second kappa shape index (κ2) is 7.85. The number of benzene rings is 1. The van der Waals surface area contributed by atoms with Crippen LogP contribution in [0.25, 0.3) is 5.65 Å². The average molecular weight is 435 g/mol. The molecule has 0 bridgehead atoms. The van der Waals surface area contributed by atoms with Crippen LogP contribution in [0.3, 0.4) is 0 Å². The monoisotopic (exact) mass is 435 g/mol. The summed E-state index contributed by atoms with van der Waals surface area (Å²) in [7, 11) is 1.52. The van der Waals surface area contributed by atoms with E-state index in [1.807, 2.05) is 47.0 Å². The Morgan fingerprint density at radius 3 is 2.44 bits per heavy atom. The molecule has 1 fully saturated rings. The standard InChI is InChI=1S/C24H23F2N5O/c1-29-19(15-18(28-29)22(25)26)23(32)30-13-10-24(11-14-30,17-7-3-2-4-8-17)20-16-31-12-6-5-9-21(31)27-20/h2-9,12,15-16,22H,10-11,13-14H2,1H3. The van der Waals surface area contributed by atoms with Gasteiger partial charge in [-0.1, -0.05) is 36.4 Å². The SMILES string of the molecule is Cn1nc(C(F)F)cc1C(=O)N1CCC(c2ccccc2)(c2cn3ccccc3n2)CC1. The van der Waals surface area contributed by atoms with E-state index >= 15 is 0 Å². The number of piperidine rings is 1. The summed E-state index contributed by atoms with van der Waals surface area (Å²) in [6.07, 6.45) is 2.71. The highest BCUT2D eigenvalue weighted by atomic mass is 19.3. The van der Waals surface area contributed by atoms with Gasteiger partial charge in [0.05, 0.1) is 5.69 Å². The van der Waals surface area contributed by atoms with Gasteiger partial charge in [0, 0.05) is 37.9 Å². The largest absolute Gasteiger partial charge is 0.337 e. The van der Waals surface area contributed by atoms with Crippen molar-refractivity contribution in [2.45, 2.75) is 24.7 Å². The quantitative estimate of drug-likeness (QED) is 0.482. The van der Waals surface area contributed by atoms with Crippen molar-refractivity contribution in [3.63, 3.8) is 0 Å². The Hall–Kier alpha value is -3.55. The summed E-state index contributed by atoms with van der Waals surface area (Å²) in [4.78, 5) is 19.7. The summed E-state index contributed by atoms with van der Waals surface area (Å²) in [6.45, 7) is 0.994. The molecule has 4 heterocycles. The zero-order valence-corrected chi connectivity index (χ0v) is 17.7. The number of hydrogen-bond acceptors (Lipinski definition) is 3. The average Bonchev–Trinajstić information content (AvgIpc) is 3.43. The Kier molecular flexibility index (Phi) is 5.00. The van der Waals surface area contributed by atoms with Gasteiger partial charge in [-0.25, -0.2) is 13.8 Å². The fourth-order valence-electron chi connectivity index (χ4n) is 4.66. The molecule has 32 heavy (non-hydrogen) atoms.